The number of hydrogen-bond donors (Lipinski definition) is 0. The molecule has 1 aromatic heterocycles. The maximum absolute atomic E-state index is 5.34. The summed E-state index contributed by atoms with van der Waals surface area (Å²) in [5.41, 5.74) is 4.32. The fraction of sp³-hybridized carbons (Fsp3) is 0.333. The molecule has 0 aliphatic carbocycles. The summed E-state index contributed by atoms with van der Waals surface area (Å²) >= 11 is 3.45. The van der Waals surface area contributed by atoms with E-state index in [2.05, 4.69) is 45.8 Å². The average molecular weight is 321 g/mol. The van der Waals surface area contributed by atoms with Crippen LogP contribution in [0, 0.1) is 13.8 Å². The summed E-state index contributed by atoms with van der Waals surface area (Å²) in [6, 6.07) is 6.11. The molecule has 19 heavy (non-hydrogen) atoms. The number of halogens is 1. The van der Waals surface area contributed by atoms with Crippen LogP contribution in [-0.2, 0) is 6.42 Å². The molecular formula is C15H17BrN2O. The van der Waals surface area contributed by atoms with E-state index in [9.17, 15) is 0 Å². The molecule has 1 heterocycles. The first kappa shape index (κ1) is 14.0. The van der Waals surface area contributed by atoms with Gasteiger partial charge in [0.1, 0.15) is 16.2 Å². The Bertz CT molecular complexity index is 611. The Hall–Kier alpha value is -1.42. The van der Waals surface area contributed by atoms with Gasteiger partial charge >= 0.3 is 0 Å². The smallest absolute Gasteiger partial charge is 0.130 e. The monoisotopic (exact) mass is 320 g/mol. The number of benzene rings is 1. The molecule has 0 bridgehead atoms. The fourth-order valence-electron chi connectivity index (χ4n) is 2.05. The number of nitrogens with zero attached hydrogens (tertiary/aromatic N) is 2. The minimum absolute atomic E-state index is 0.820. The van der Waals surface area contributed by atoms with Crippen LogP contribution < -0.4 is 4.74 Å². The summed E-state index contributed by atoms with van der Waals surface area (Å²) in [7, 11) is 1.69. The first-order chi connectivity index (χ1) is 9.05. The van der Waals surface area contributed by atoms with Crippen molar-refractivity contribution >= 4 is 15.9 Å². The van der Waals surface area contributed by atoms with Crippen molar-refractivity contribution in [2.75, 3.05) is 7.11 Å². The SMILES string of the molecule is CCc1nc(Br)cc(-c2cc(C)c(OC)cc2C)n1. The van der Waals surface area contributed by atoms with E-state index in [-0.39, 0.29) is 0 Å². The average Bonchev–Trinajstić information content (AvgIpc) is 2.40. The molecule has 0 amide bonds. The molecule has 3 nitrogen and oxygen atoms in total. The number of hydrogen-bond acceptors (Lipinski definition) is 3. The maximum Gasteiger partial charge on any atom is 0.130 e. The van der Waals surface area contributed by atoms with Crippen molar-refractivity contribution in [1.82, 2.24) is 9.97 Å². The Kier molecular flexibility index (Phi) is 4.20. The summed E-state index contributed by atoms with van der Waals surface area (Å²) in [4.78, 5) is 8.94. The minimum Gasteiger partial charge on any atom is -0.496 e. The van der Waals surface area contributed by atoms with Crippen molar-refractivity contribution < 1.29 is 4.74 Å². The molecule has 0 unspecified atom stereocenters. The van der Waals surface area contributed by atoms with Crippen LogP contribution in [0.3, 0.4) is 0 Å². The number of aromatic nitrogens is 2. The first-order valence-corrected chi connectivity index (χ1v) is 7.03. The fourth-order valence-corrected chi connectivity index (χ4v) is 2.47. The highest BCUT2D eigenvalue weighted by Crippen LogP contribution is 2.30. The molecular weight excluding hydrogens is 304 g/mol. The molecule has 0 aliphatic rings. The lowest BCUT2D eigenvalue weighted by molar-refractivity contribution is 0.411. The Morgan fingerprint density at radius 3 is 2.47 bits per heavy atom. The predicted molar refractivity (Wildman–Crippen MR) is 80.6 cm³/mol. The second-order valence-electron chi connectivity index (χ2n) is 4.48. The normalized spacial score (nSPS) is 10.6. The molecule has 4 heteroatoms. The Labute approximate surface area is 122 Å². The highest BCUT2D eigenvalue weighted by molar-refractivity contribution is 9.10. The molecule has 0 fully saturated rings. The molecule has 0 aliphatic heterocycles. The van der Waals surface area contributed by atoms with Crippen molar-refractivity contribution in [1.29, 1.82) is 0 Å². The molecule has 0 atom stereocenters. The van der Waals surface area contributed by atoms with Crippen molar-refractivity contribution in [2.45, 2.75) is 27.2 Å². The van der Waals surface area contributed by atoms with Gasteiger partial charge in [-0.15, -0.1) is 0 Å². The summed E-state index contributed by atoms with van der Waals surface area (Å²) in [6.07, 6.45) is 0.820. The molecule has 0 spiro atoms. The third-order valence-corrected chi connectivity index (χ3v) is 3.48. The van der Waals surface area contributed by atoms with Gasteiger partial charge in [0.15, 0.2) is 0 Å². The quantitative estimate of drug-likeness (QED) is 0.799. The largest absolute Gasteiger partial charge is 0.496 e. The van der Waals surface area contributed by atoms with E-state index >= 15 is 0 Å². The third kappa shape index (κ3) is 2.95. The van der Waals surface area contributed by atoms with Crippen LogP contribution in [0.25, 0.3) is 11.3 Å². The van der Waals surface area contributed by atoms with E-state index in [0.29, 0.717) is 0 Å². The van der Waals surface area contributed by atoms with Gasteiger partial charge in [0, 0.05) is 12.0 Å². The second-order valence-corrected chi connectivity index (χ2v) is 5.29. The van der Waals surface area contributed by atoms with Gasteiger partial charge in [-0.05, 0) is 59.1 Å². The Balaban J connectivity index is 2.58. The number of ether oxygens (including phenoxy) is 1. The van der Waals surface area contributed by atoms with Crippen molar-refractivity contribution in [3.63, 3.8) is 0 Å². The van der Waals surface area contributed by atoms with E-state index in [0.717, 1.165) is 45.0 Å². The lowest BCUT2D eigenvalue weighted by Gasteiger charge is -2.12. The molecule has 0 saturated carbocycles. The third-order valence-electron chi connectivity index (χ3n) is 3.08. The van der Waals surface area contributed by atoms with Crippen LogP contribution in [0.5, 0.6) is 5.75 Å². The van der Waals surface area contributed by atoms with Crippen molar-refractivity contribution in [3.8, 4) is 17.0 Å². The second kappa shape index (κ2) is 5.70. The van der Waals surface area contributed by atoms with E-state index < -0.39 is 0 Å². The number of rotatable bonds is 3. The van der Waals surface area contributed by atoms with Gasteiger partial charge < -0.3 is 4.74 Å². The zero-order chi connectivity index (χ0) is 14.0. The molecule has 0 radical (unpaired) electrons. The van der Waals surface area contributed by atoms with Crippen LogP contribution in [0.1, 0.15) is 23.9 Å². The summed E-state index contributed by atoms with van der Waals surface area (Å²) < 4.78 is 6.16. The van der Waals surface area contributed by atoms with Gasteiger partial charge in [0.05, 0.1) is 12.8 Å². The van der Waals surface area contributed by atoms with Gasteiger partial charge in [-0.3, -0.25) is 0 Å². The Morgan fingerprint density at radius 1 is 1.11 bits per heavy atom. The topological polar surface area (TPSA) is 35.0 Å². The van der Waals surface area contributed by atoms with Gasteiger partial charge in [-0.2, -0.15) is 0 Å². The van der Waals surface area contributed by atoms with E-state index in [1.54, 1.807) is 7.11 Å². The van der Waals surface area contributed by atoms with Gasteiger partial charge in [-0.25, -0.2) is 9.97 Å². The van der Waals surface area contributed by atoms with Crippen molar-refractivity contribution in [3.05, 3.63) is 39.8 Å². The Morgan fingerprint density at radius 2 is 1.84 bits per heavy atom. The van der Waals surface area contributed by atoms with Crippen LogP contribution in [-0.4, -0.2) is 17.1 Å². The lowest BCUT2D eigenvalue weighted by atomic mass is 10.0. The van der Waals surface area contributed by atoms with Gasteiger partial charge in [-0.1, -0.05) is 6.92 Å². The molecule has 0 saturated heterocycles. The van der Waals surface area contributed by atoms with E-state index in [4.69, 9.17) is 4.74 Å². The van der Waals surface area contributed by atoms with Gasteiger partial charge in [0.2, 0.25) is 0 Å². The predicted octanol–water partition coefficient (Wildman–Crippen LogP) is 4.09. The highest BCUT2D eigenvalue weighted by Gasteiger charge is 2.10. The molecule has 100 valence electrons. The lowest BCUT2D eigenvalue weighted by Crippen LogP contribution is -1.98. The zero-order valence-electron chi connectivity index (χ0n) is 11.6. The van der Waals surface area contributed by atoms with Crippen molar-refractivity contribution in [2.24, 2.45) is 0 Å². The molecule has 0 N–H and O–H groups in total. The van der Waals surface area contributed by atoms with E-state index in [1.807, 2.05) is 19.1 Å². The number of methoxy groups -OCH3 is 1. The molecule has 1 aromatic carbocycles. The number of aryl methyl sites for hydroxylation is 3. The minimum atomic E-state index is 0.820. The van der Waals surface area contributed by atoms with Crippen LogP contribution >= 0.6 is 15.9 Å². The van der Waals surface area contributed by atoms with Gasteiger partial charge in [0.25, 0.3) is 0 Å². The van der Waals surface area contributed by atoms with E-state index in [1.165, 1.54) is 0 Å². The first-order valence-electron chi connectivity index (χ1n) is 6.24. The molecule has 2 aromatic rings. The molecule has 2 rings (SSSR count). The maximum atomic E-state index is 5.34. The summed E-state index contributed by atoms with van der Waals surface area (Å²) in [6.45, 7) is 6.16. The summed E-state index contributed by atoms with van der Waals surface area (Å²) in [5, 5.41) is 0. The summed E-state index contributed by atoms with van der Waals surface area (Å²) in [5.74, 6) is 1.75. The highest BCUT2D eigenvalue weighted by atomic mass is 79.9. The van der Waals surface area contributed by atoms with Crippen LogP contribution in [0.2, 0.25) is 0 Å². The van der Waals surface area contributed by atoms with Crippen LogP contribution in [0.4, 0.5) is 0 Å². The van der Waals surface area contributed by atoms with Crippen LogP contribution in [0.15, 0.2) is 22.8 Å². The zero-order valence-corrected chi connectivity index (χ0v) is 13.2. The standard InChI is InChI=1S/C15H17BrN2O/c1-5-15-17-12(8-14(16)18-15)11-6-10(3)13(19-4)7-9(11)2/h6-8H,5H2,1-4H3.